The minimum Gasteiger partial charge on any atom is -0.274 e. The predicted molar refractivity (Wildman–Crippen MR) is 69.2 cm³/mol. The van der Waals surface area contributed by atoms with Gasteiger partial charge in [0.05, 0.1) is 20.1 Å². The highest BCUT2D eigenvalue weighted by Gasteiger charge is 2.16. The van der Waals surface area contributed by atoms with Crippen LogP contribution in [-0.4, -0.2) is 29.6 Å². The second kappa shape index (κ2) is 6.71. The van der Waals surface area contributed by atoms with E-state index in [0.29, 0.717) is 17.1 Å². The quantitative estimate of drug-likeness (QED) is 0.619. The summed E-state index contributed by atoms with van der Waals surface area (Å²) in [7, 11) is 1.51. The van der Waals surface area contributed by atoms with Gasteiger partial charge in [-0.15, -0.1) is 0 Å². The highest BCUT2D eigenvalue weighted by atomic mass is 79.9. The van der Waals surface area contributed by atoms with Gasteiger partial charge in [0.15, 0.2) is 0 Å². The van der Waals surface area contributed by atoms with Gasteiger partial charge in [-0.2, -0.15) is 0 Å². The normalized spacial score (nSPS) is 10.6. The van der Waals surface area contributed by atoms with Crippen LogP contribution in [0.4, 0.5) is 0 Å². The fraction of sp³-hybridized carbons (Fsp3) is 0.500. The zero-order chi connectivity index (χ0) is 12.8. The van der Waals surface area contributed by atoms with E-state index in [0.717, 1.165) is 5.56 Å². The Morgan fingerprint density at radius 1 is 1.59 bits per heavy atom. The van der Waals surface area contributed by atoms with Crippen LogP contribution in [-0.2, 0) is 16.1 Å². The molecule has 1 aromatic heterocycles. The van der Waals surface area contributed by atoms with Crippen LogP contribution in [0.2, 0.25) is 0 Å². The zero-order valence-corrected chi connectivity index (χ0v) is 11.9. The third-order valence-electron chi connectivity index (χ3n) is 2.21. The maximum Gasteiger partial charge on any atom is 0.250 e. The highest BCUT2D eigenvalue weighted by molar-refractivity contribution is 9.10. The molecule has 0 aromatic carbocycles. The van der Waals surface area contributed by atoms with Crippen molar-refractivity contribution in [2.45, 2.75) is 20.3 Å². The number of carbonyl (C=O) groups excluding carboxylic acids is 1. The van der Waals surface area contributed by atoms with Crippen molar-refractivity contribution in [3.63, 3.8) is 0 Å². The van der Waals surface area contributed by atoms with Crippen LogP contribution in [0, 0.1) is 5.92 Å². The third kappa shape index (κ3) is 4.44. The lowest BCUT2D eigenvalue weighted by Crippen LogP contribution is -2.34. The molecule has 0 fully saturated rings. The maximum absolute atomic E-state index is 12.0. The van der Waals surface area contributed by atoms with E-state index < -0.39 is 0 Å². The monoisotopic (exact) mass is 300 g/mol. The number of halogens is 1. The van der Waals surface area contributed by atoms with Crippen molar-refractivity contribution in [2.75, 3.05) is 13.7 Å². The standard InChI is InChI=1S/C12H17BrN2O2/c1-9(2)8-15(17-3)11(16)7-10-5-4-6-14-12(10)13/h4-6,9H,7-8H2,1-3H3. The van der Waals surface area contributed by atoms with Gasteiger partial charge in [0.25, 0.3) is 5.91 Å². The molecule has 5 heteroatoms. The molecule has 0 aliphatic carbocycles. The largest absolute Gasteiger partial charge is 0.274 e. The number of amides is 1. The molecule has 1 heterocycles. The molecule has 1 rings (SSSR count). The fourth-order valence-electron chi connectivity index (χ4n) is 1.41. The van der Waals surface area contributed by atoms with E-state index in [1.807, 2.05) is 26.0 Å². The summed E-state index contributed by atoms with van der Waals surface area (Å²) in [4.78, 5) is 21.2. The van der Waals surface area contributed by atoms with Crippen molar-refractivity contribution < 1.29 is 9.63 Å². The minimum absolute atomic E-state index is 0.0603. The first-order valence-corrected chi connectivity index (χ1v) is 6.27. The molecule has 1 amide bonds. The molecule has 0 saturated heterocycles. The summed E-state index contributed by atoms with van der Waals surface area (Å²) in [5.41, 5.74) is 0.864. The van der Waals surface area contributed by atoms with E-state index in [1.54, 1.807) is 6.20 Å². The topological polar surface area (TPSA) is 42.4 Å². The smallest absolute Gasteiger partial charge is 0.250 e. The zero-order valence-electron chi connectivity index (χ0n) is 10.3. The van der Waals surface area contributed by atoms with E-state index in [1.165, 1.54) is 12.2 Å². The van der Waals surface area contributed by atoms with Crippen LogP contribution in [0.3, 0.4) is 0 Å². The molecule has 0 aliphatic rings. The van der Waals surface area contributed by atoms with E-state index in [4.69, 9.17) is 4.84 Å². The molecular formula is C12H17BrN2O2. The Morgan fingerprint density at radius 2 is 2.29 bits per heavy atom. The van der Waals surface area contributed by atoms with E-state index in [2.05, 4.69) is 20.9 Å². The average molecular weight is 301 g/mol. The van der Waals surface area contributed by atoms with Crippen molar-refractivity contribution in [3.8, 4) is 0 Å². The number of hydrogen-bond acceptors (Lipinski definition) is 3. The molecule has 0 atom stereocenters. The summed E-state index contributed by atoms with van der Waals surface area (Å²) >= 11 is 3.32. The summed E-state index contributed by atoms with van der Waals surface area (Å²) in [5.74, 6) is 0.311. The van der Waals surface area contributed by atoms with Gasteiger partial charge in [-0.05, 0) is 33.5 Å². The van der Waals surface area contributed by atoms with Crippen LogP contribution in [0.25, 0.3) is 0 Å². The van der Waals surface area contributed by atoms with Gasteiger partial charge in [-0.3, -0.25) is 9.63 Å². The lowest BCUT2D eigenvalue weighted by Gasteiger charge is -2.21. The summed E-state index contributed by atoms with van der Waals surface area (Å²) in [6, 6.07) is 3.69. The molecule has 0 saturated carbocycles. The molecule has 0 radical (unpaired) electrons. The van der Waals surface area contributed by atoms with E-state index >= 15 is 0 Å². The van der Waals surface area contributed by atoms with Crippen molar-refractivity contribution in [3.05, 3.63) is 28.5 Å². The molecule has 0 bridgehead atoms. The van der Waals surface area contributed by atoms with Crippen LogP contribution < -0.4 is 0 Å². The number of hydrogen-bond donors (Lipinski definition) is 0. The van der Waals surface area contributed by atoms with E-state index in [-0.39, 0.29) is 12.3 Å². The lowest BCUT2D eigenvalue weighted by molar-refractivity contribution is -0.177. The van der Waals surface area contributed by atoms with Crippen LogP contribution in [0.5, 0.6) is 0 Å². The summed E-state index contributed by atoms with van der Waals surface area (Å²) in [5, 5.41) is 1.39. The molecular weight excluding hydrogens is 284 g/mol. The molecule has 0 spiro atoms. The van der Waals surface area contributed by atoms with Crippen molar-refractivity contribution in [1.29, 1.82) is 0 Å². The third-order valence-corrected chi connectivity index (χ3v) is 2.92. The number of hydroxylamine groups is 2. The first kappa shape index (κ1) is 14.1. The molecule has 1 aromatic rings. The SMILES string of the molecule is CON(CC(C)C)C(=O)Cc1cccnc1Br. The highest BCUT2D eigenvalue weighted by Crippen LogP contribution is 2.14. The maximum atomic E-state index is 12.0. The van der Waals surface area contributed by atoms with Gasteiger partial charge in [0.2, 0.25) is 0 Å². The van der Waals surface area contributed by atoms with Crippen molar-refractivity contribution in [1.82, 2.24) is 10.0 Å². The minimum atomic E-state index is -0.0603. The van der Waals surface area contributed by atoms with Gasteiger partial charge in [-0.1, -0.05) is 19.9 Å². The Hall–Kier alpha value is -0.940. The fourth-order valence-corrected chi connectivity index (χ4v) is 1.80. The second-order valence-electron chi connectivity index (χ2n) is 4.16. The number of carbonyl (C=O) groups is 1. The Kier molecular flexibility index (Phi) is 5.58. The van der Waals surface area contributed by atoms with Gasteiger partial charge in [0, 0.05) is 6.20 Å². The van der Waals surface area contributed by atoms with Crippen molar-refractivity contribution >= 4 is 21.8 Å². The summed E-state index contributed by atoms with van der Waals surface area (Å²) in [6.45, 7) is 4.67. The summed E-state index contributed by atoms with van der Waals surface area (Å²) in [6.07, 6.45) is 1.97. The number of nitrogens with zero attached hydrogens (tertiary/aromatic N) is 2. The Balaban J connectivity index is 2.67. The molecule has 4 nitrogen and oxygen atoms in total. The van der Waals surface area contributed by atoms with Gasteiger partial charge in [-0.25, -0.2) is 10.0 Å². The molecule has 0 unspecified atom stereocenters. The van der Waals surface area contributed by atoms with Crippen LogP contribution in [0.1, 0.15) is 19.4 Å². The van der Waals surface area contributed by atoms with Crippen LogP contribution in [0.15, 0.2) is 22.9 Å². The number of aromatic nitrogens is 1. The van der Waals surface area contributed by atoms with Crippen LogP contribution >= 0.6 is 15.9 Å². The van der Waals surface area contributed by atoms with Gasteiger partial charge in [0.1, 0.15) is 4.60 Å². The number of pyridine rings is 1. The van der Waals surface area contributed by atoms with Gasteiger partial charge < -0.3 is 0 Å². The molecule has 0 aliphatic heterocycles. The average Bonchev–Trinajstić information content (AvgIpc) is 2.28. The molecule has 94 valence electrons. The van der Waals surface area contributed by atoms with Crippen molar-refractivity contribution in [2.24, 2.45) is 5.92 Å². The molecule has 0 N–H and O–H groups in total. The van der Waals surface area contributed by atoms with Gasteiger partial charge >= 0.3 is 0 Å². The predicted octanol–water partition coefficient (Wildman–Crippen LogP) is 2.43. The number of rotatable bonds is 5. The van der Waals surface area contributed by atoms with E-state index in [9.17, 15) is 4.79 Å². The summed E-state index contributed by atoms with van der Waals surface area (Å²) < 4.78 is 0.703. The first-order valence-electron chi connectivity index (χ1n) is 5.48. The Labute approximate surface area is 110 Å². The molecule has 17 heavy (non-hydrogen) atoms. The Morgan fingerprint density at radius 3 is 2.82 bits per heavy atom. The second-order valence-corrected chi connectivity index (χ2v) is 4.91. The first-order chi connectivity index (χ1) is 8.04. The Bertz CT molecular complexity index is 383. The lowest BCUT2D eigenvalue weighted by atomic mass is 10.2.